The predicted molar refractivity (Wildman–Crippen MR) is 125 cm³/mol. The van der Waals surface area contributed by atoms with Crippen molar-refractivity contribution in [2.45, 2.75) is 0 Å². The van der Waals surface area contributed by atoms with Gasteiger partial charge in [-0.3, -0.25) is 9.59 Å². The van der Waals surface area contributed by atoms with Gasteiger partial charge in [-0.15, -0.1) is 0 Å². The summed E-state index contributed by atoms with van der Waals surface area (Å²) in [5.74, 6) is -1.09. The highest BCUT2D eigenvalue weighted by Gasteiger charge is 2.19. The number of nitrogens with one attached hydrogen (secondary N) is 2. The second kappa shape index (κ2) is 9.65. The molecule has 0 bridgehead atoms. The molecule has 0 aliphatic carbocycles. The molecule has 3 rings (SSSR count). The number of amides is 2. The Hall–Kier alpha value is -1.66. The molecule has 0 spiro atoms. The number of halogens is 6. The zero-order valence-corrected chi connectivity index (χ0v) is 19.2. The van der Waals surface area contributed by atoms with Crippen molar-refractivity contribution in [2.75, 3.05) is 10.6 Å². The quantitative estimate of drug-likeness (QED) is 0.363. The van der Waals surface area contributed by atoms with Crippen LogP contribution < -0.4 is 10.6 Å². The van der Waals surface area contributed by atoms with Gasteiger partial charge in [0, 0.05) is 31.5 Å². The largest absolute Gasteiger partial charge is 0.322 e. The molecule has 0 radical (unpaired) electrons. The Morgan fingerprint density at radius 1 is 0.500 bits per heavy atom. The normalized spacial score (nSPS) is 10.6. The lowest BCUT2D eigenvalue weighted by Crippen LogP contribution is -2.16. The van der Waals surface area contributed by atoms with E-state index in [0.29, 0.717) is 31.5 Å². The van der Waals surface area contributed by atoms with Gasteiger partial charge in [-0.25, -0.2) is 0 Å². The van der Waals surface area contributed by atoms with Crippen LogP contribution in [-0.4, -0.2) is 11.8 Å². The highest BCUT2D eigenvalue weighted by atomic mass is 35.5. The summed E-state index contributed by atoms with van der Waals surface area (Å²) in [6.07, 6.45) is 0. The van der Waals surface area contributed by atoms with Gasteiger partial charge in [-0.1, -0.05) is 69.6 Å². The van der Waals surface area contributed by atoms with Crippen molar-refractivity contribution in [3.8, 4) is 0 Å². The first-order valence-electron chi connectivity index (χ1n) is 8.16. The van der Waals surface area contributed by atoms with Crippen LogP contribution in [0, 0.1) is 0 Å². The Morgan fingerprint density at radius 2 is 0.800 bits per heavy atom. The summed E-state index contributed by atoms with van der Waals surface area (Å²) in [7, 11) is 0. The number of hydrogen-bond donors (Lipinski definition) is 2. The molecule has 0 saturated carbocycles. The molecule has 0 heterocycles. The molecule has 2 amide bonds. The zero-order chi connectivity index (χ0) is 22.0. The zero-order valence-electron chi connectivity index (χ0n) is 14.7. The van der Waals surface area contributed by atoms with Crippen LogP contribution in [0.15, 0.2) is 48.5 Å². The lowest BCUT2D eigenvalue weighted by molar-refractivity contribution is 0.101. The van der Waals surface area contributed by atoms with Crippen LogP contribution in [0.5, 0.6) is 0 Å². The summed E-state index contributed by atoms with van der Waals surface area (Å²) in [4.78, 5) is 25.2. The summed E-state index contributed by atoms with van der Waals surface area (Å²) < 4.78 is 0. The SMILES string of the molecule is O=C(Nc1cc(Cl)cc(Cl)c1)c1cc(Cl)c(C(=O)Nc2cc(Cl)cc(Cl)c2)cc1Cl. The van der Waals surface area contributed by atoms with E-state index in [9.17, 15) is 9.59 Å². The molecule has 30 heavy (non-hydrogen) atoms. The molecular formula is C20H10Cl6N2O2. The molecule has 4 nitrogen and oxygen atoms in total. The minimum Gasteiger partial charge on any atom is -0.322 e. The number of hydrogen-bond acceptors (Lipinski definition) is 2. The molecule has 0 aromatic heterocycles. The molecular weight excluding hydrogens is 513 g/mol. The average Bonchev–Trinajstić information content (AvgIpc) is 2.61. The Balaban J connectivity index is 1.83. The van der Waals surface area contributed by atoms with E-state index in [2.05, 4.69) is 10.6 Å². The molecule has 0 fully saturated rings. The lowest BCUT2D eigenvalue weighted by atomic mass is 10.1. The number of carbonyl (C=O) groups is 2. The molecule has 0 aliphatic heterocycles. The number of anilines is 2. The topological polar surface area (TPSA) is 58.2 Å². The van der Waals surface area contributed by atoms with Crippen LogP contribution in [-0.2, 0) is 0 Å². The van der Waals surface area contributed by atoms with E-state index in [0.717, 1.165) is 0 Å². The Bertz CT molecular complexity index is 1030. The maximum atomic E-state index is 12.6. The van der Waals surface area contributed by atoms with Crippen molar-refractivity contribution in [3.63, 3.8) is 0 Å². The molecule has 2 N–H and O–H groups in total. The molecule has 0 atom stereocenters. The Kier molecular flexibility index (Phi) is 7.40. The first-order chi connectivity index (χ1) is 14.1. The highest BCUT2D eigenvalue weighted by molar-refractivity contribution is 6.39. The van der Waals surface area contributed by atoms with Gasteiger partial charge in [0.05, 0.1) is 21.2 Å². The van der Waals surface area contributed by atoms with Crippen molar-refractivity contribution < 1.29 is 9.59 Å². The monoisotopic (exact) mass is 520 g/mol. The van der Waals surface area contributed by atoms with E-state index in [1.807, 2.05) is 0 Å². The van der Waals surface area contributed by atoms with Gasteiger partial charge in [-0.2, -0.15) is 0 Å². The summed E-state index contributed by atoms with van der Waals surface area (Å²) in [5.41, 5.74) is 0.897. The van der Waals surface area contributed by atoms with E-state index in [1.54, 1.807) is 0 Å². The van der Waals surface area contributed by atoms with Crippen LogP contribution in [0.2, 0.25) is 30.1 Å². The molecule has 0 unspecified atom stereocenters. The van der Waals surface area contributed by atoms with E-state index in [-0.39, 0.29) is 21.2 Å². The van der Waals surface area contributed by atoms with Gasteiger partial charge >= 0.3 is 0 Å². The van der Waals surface area contributed by atoms with Crippen LogP contribution >= 0.6 is 69.6 Å². The minimum absolute atomic E-state index is 0.0271. The Morgan fingerprint density at radius 3 is 1.10 bits per heavy atom. The smallest absolute Gasteiger partial charge is 0.257 e. The minimum atomic E-state index is -0.547. The van der Waals surface area contributed by atoms with E-state index in [1.165, 1.54) is 48.5 Å². The second-order valence-electron chi connectivity index (χ2n) is 6.04. The molecule has 3 aromatic carbocycles. The molecule has 0 aliphatic rings. The van der Waals surface area contributed by atoms with Crippen molar-refractivity contribution in [1.29, 1.82) is 0 Å². The summed E-state index contributed by atoms with van der Waals surface area (Å²) >= 11 is 36.2. The van der Waals surface area contributed by atoms with Crippen LogP contribution in [0.4, 0.5) is 11.4 Å². The first-order valence-corrected chi connectivity index (χ1v) is 10.4. The second-order valence-corrected chi connectivity index (χ2v) is 8.60. The highest BCUT2D eigenvalue weighted by Crippen LogP contribution is 2.29. The standard InChI is InChI=1S/C20H10Cl6N2O2/c21-9-1-10(22)4-13(3-9)27-19(29)15-7-18(26)16(8-17(15)25)20(30)28-14-5-11(23)2-12(24)6-14/h1-8H,(H,27,29)(H,28,30). The fourth-order valence-corrected chi connectivity index (χ4v) is 4.09. The van der Waals surface area contributed by atoms with Crippen molar-refractivity contribution in [2.24, 2.45) is 0 Å². The van der Waals surface area contributed by atoms with Gasteiger partial charge in [0.1, 0.15) is 0 Å². The Labute approximate surface area is 202 Å². The lowest BCUT2D eigenvalue weighted by Gasteiger charge is -2.12. The maximum absolute atomic E-state index is 12.6. The van der Waals surface area contributed by atoms with Crippen LogP contribution in [0.25, 0.3) is 0 Å². The third-order valence-corrected chi connectivity index (χ3v) is 5.29. The number of benzene rings is 3. The van der Waals surface area contributed by atoms with Crippen molar-refractivity contribution >= 4 is 92.8 Å². The fourth-order valence-electron chi connectivity index (χ4n) is 2.54. The third-order valence-electron chi connectivity index (χ3n) is 3.79. The molecule has 10 heteroatoms. The molecule has 154 valence electrons. The summed E-state index contributed by atoms with van der Waals surface area (Å²) in [6.45, 7) is 0. The van der Waals surface area contributed by atoms with Crippen LogP contribution in [0.1, 0.15) is 20.7 Å². The third kappa shape index (κ3) is 5.73. The van der Waals surface area contributed by atoms with Gasteiger partial charge in [-0.05, 0) is 48.5 Å². The first kappa shape index (κ1) is 23.0. The summed E-state index contributed by atoms with van der Waals surface area (Å²) in [5, 5.41) is 6.74. The number of carbonyl (C=O) groups excluding carboxylic acids is 2. The maximum Gasteiger partial charge on any atom is 0.257 e. The van der Waals surface area contributed by atoms with Crippen LogP contribution in [0.3, 0.4) is 0 Å². The fraction of sp³-hybridized carbons (Fsp3) is 0. The van der Waals surface area contributed by atoms with E-state index < -0.39 is 11.8 Å². The van der Waals surface area contributed by atoms with Gasteiger partial charge in [0.2, 0.25) is 0 Å². The average molecular weight is 523 g/mol. The van der Waals surface area contributed by atoms with Crippen molar-refractivity contribution in [1.82, 2.24) is 0 Å². The van der Waals surface area contributed by atoms with E-state index >= 15 is 0 Å². The van der Waals surface area contributed by atoms with E-state index in [4.69, 9.17) is 69.6 Å². The van der Waals surface area contributed by atoms with Gasteiger partial charge < -0.3 is 10.6 Å². The van der Waals surface area contributed by atoms with Crippen molar-refractivity contribution in [3.05, 3.63) is 89.8 Å². The molecule has 3 aromatic rings. The summed E-state index contributed by atoms with van der Waals surface area (Å²) in [6, 6.07) is 11.8. The van der Waals surface area contributed by atoms with Gasteiger partial charge in [0.15, 0.2) is 0 Å². The molecule has 0 saturated heterocycles. The van der Waals surface area contributed by atoms with Gasteiger partial charge in [0.25, 0.3) is 11.8 Å². The number of rotatable bonds is 4. The predicted octanol–water partition coefficient (Wildman–Crippen LogP) is 8.11.